The normalized spacial score (nSPS) is 16.1. The Morgan fingerprint density at radius 1 is 0.897 bits per heavy atom. The van der Waals surface area contributed by atoms with Crippen LogP contribution in [0, 0.1) is 11.8 Å². The van der Waals surface area contributed by atoms with Crippen molar-refractivity contribution in [1.29, 1.82) is 0 Å². The largest absolute Gasteiger partial charge is 0.444 e. The van der Waals surface area contributed by atoms with Gasteiger partial charge in [-0.15, -0.1) is 0 Å². The van der Waals surface area contributed by atoms with Crippen molar-refractivity contribution in [2.24, 2.45) is 11.8 Å². The van der Waals surface area contributed by atoms with Gasteiger partial charge in [-0.3, -0.25) is 14.4 Å². The van der Waals surface area contributed by atoms with E-state index in [9.17, 15) is 24.0 Å². The SMILES string of the molecule is CC(C)[C@H](NC(=O)OC(C)(C)C)C(=O)N[C@H](C(=O)ON1C(=O)C=CC1=O)C(C)C. The van der Waals surface area contributed by atoms with Crippen LogP contribution in [0.5, 0.6) is 0 Å². The van der Waals surface area contributed by atoms with E-state index in [0.29, 0.717) is 5.06 Å². The highest BCUT2D eigenvalue weighted by atomic mass is 16.7. The fourth-order valence-corrected chi connectivity index (χ4v) is 2.33. The molecule has 0 spiro atoms. The smallest absolute Gasteiger partial charge is 0.408 e. The topological polar surface area (TPSA) is 131 Å². The fraction of sp³-hybridized carbons (Fsp3) is 0.632. The fourth-order valence-electron chi connectivity index (χ4n) is 2.33. The van der Waals surface area contributed by atoms with Gasteiger partial charge >= 0.3 is 12.1 Å². The van der Waals surface area contributed by atoms with E-state index in [1.165, 1.54) is 0 Å². The van der Waals surface area contributed by atoms with Crippen LogP contribution in [-0.2, 0) is 28.8 Å². The second-order valence-electron chi connectivity index (χ2n) is 8.31. The number of hydrogen-bond donors (Lipinski definition) is 2. The van der Waals surface area contributed by atoms with Gasteiger partial charge in [-0.05, 0) is 32.6 Å². The highest BCUT2D eigenvalue weighted by Gasteiger charge is 2.35. The highest BCUT2D eigenvalue weighted by molar-refractivity contribution is 6.12. The van der Waals surface area contributed by atoms with Crippen LogP contribution < -0.4 is 10.6 Å². The van der Waals surface area contributed by atoms with Gasteiger partial charge in [0.15, 0.2) is 0 Å². The molecule has 0 fully saturated rings. The molecule has 2 atom stereocenters. The average molecular weight is 411 g/mol. The van der Waals surface area contributed by atoms with E-state index in [1.807, 2.05) is 0 Å². The van der Waals surface area contributed by atoms with Crippen LogP contribution in [0.15, 0.2) is 12.2 Å². The lowest BCUT2D eigenvalue weighted by molar-refractivity contribution is -0.198. The molecule has 0 unspecified atom stereocenters. The molecule has 4 amide bonds. The summed E-state index contributed by atoms with van der Waals surface area (Å²) in [6, 6.07) is -2.12. The zero-order valence-corrected chi connectivity index (χ0v) is 17.8. The summed E-state index contributed by atoms with van der Waals surface area (Å²) in [5, 5.41) is 5.33. The zero-order valence-electron chi connectivity index (χ0n) is 17.8. The summed E-state index contributed by atoms with van der Waals surface area (Å²) in [6.45, 7) is 11.8. The summed E-state index contributed by atoms with van der Waals surface area (Å²) in [6.07, 6.45) is 1.17. The number of hydroxylamine groups is 2. The Hall–Kier alpha value is -2.91. The van der Waals surface area contributed by atoms with E-state index in [-0.39, 0.29) is 5.92 Å². The first-order valence-corrected chi connectivity index (χ1v) is 9.30. The third-order valence-electron chi connectivity index (χ3n) is 3.79. The van der Waals surface area contributed by atoms with Gasteiger partial charge in [0, 0.05) is 12.2 Å². The lowest BCUT2D eigenvalue weighted by Gasteiger charge is -2.28. The average Bonchev–Trinajstić information content (AvgIpc) is 2.87. The van der Waals surface area contributed by atoms with E-state index in [2.05, 4.69) is 10.6 Å². The molecule has 0 bridgehead atoms. The Bertz CT molecular complexity index is 689. The molecule has 0 saturated carbocycles. The van der Waals surface area contributed by atoms with Crippen molar-refractivity contribution in [3.8, 4) is 0 Å². The molecule has 0 saturated heterocycles. The third-order valence-corrected chi connectivity index (χ3v) is 3.79. The minimum absolute atomic E-state index is 0.308. The molecule has 1 aliphatic heterocycles. The summed E-state index contributed by atoms with van der Waals surface area (Å²) in [5.74, 6) is -3.90. The lowest BCUT2D eigenvalue weighted by Crippen LogP contribution is -2.56. The molecule has 1 heterocycles. The Balaban J connectivity index is 2.85. The molecular weight excluding hydrogens is 382 g/mol. The number of nitrogens with zero attached hydrogens (tertiary/aromatic N) is 1. The van der Waals surface area contributed by atoms with Crippen LogP contribution in [0.25, 0.3) is 0 Å². The van der Waals surface area contributed by atoms with Gasteiger partial charge in [0.05, 0.1) is 0 Å². The van der Waals surface area contributed by atoms with Gasteiger partial charge in [0.1, 0.15) is 17.7 Å². The van der Waals surface area contributed by atoms with Crippen molar-refractivity contribution in [3.05, 3.63) is 12.2 Å². The second-order valence-corrected chi connectivity index (χ2v) is 8.31. The Labute approximate surface area is 169 Å². The highest BCUT2D eigenvalue weighted by Crippen LogP contribution is 2.12. The molecular formula is C19H29N3O7. The van der Waals surface area contributed by atoms with Crippen LogP contribution in [0.4, 0.5) is 4.79 Å². The number of nitrogens with one attached hydrogen (secondary N) is 2. The van der Waals surface area contributed by atoms with Gasteiger partial charge in [-0.2, -0.15) is 0 Å². The van der Waals surface area contributed by atoms with E-state index in [0.717, 1.165) is 12.2 Å². The van der Waals surface area contributed by atoms with E-state index < -0.39 is 53.4 Å². The summed E-state index contributed by atoms with van der Waals surface area (Å²) in [4.78, 5) is 65.2. The summed E-state index contributed by atoms with van der Waals surface area (Å²) in [5.41, 5.74) is -0.741. The minimum atomic E-state index is -1.15. The molecule has 1 aliphatic rings. The molecule has 2 N–H and O–H groups in total. The van der Waals surface area contributed by atoms with Crippen LogP contribution in [0.3, 0.4) is 0 Å². The summed E-state index contributed by atoms with van der Waals surface area (Å²) >= 11 is 0. The molecule has 0 aromatic rings. The van der Waals surface area contributed by atoms with Crippen LogP contribution in [-0.4, -0.2) is 52.5 Å². The van der Waals surface area contributed by atoms with Crippen molar-refractivity contribution in [2.45, 2.75) is 66.2 Å². The number of amides is 4. The van der Waals surface area contributed by atoms with Crippen molar-refractivity contribution < 1.29 is 33.5 Å². The van der Waals surface area contributed by atoms with Crippen molar-refractivity contribution in [2.75, 3.05) is 0 Å². The number of alkyl carbamates (subject to hydrolysis) is 1. The molecule has 0 aliphatic carbocycles. The van der Waals surface area contributed by atoms with Crippen LogP contribution in [0.2, 0.25) is 0 Å². The Kier molecular flexibility index (Phi) is 7.93. The first-order valence-electron chi connectivity index (χ1n) is 9.30. The predicted molar refractivity (Wildman–Crippen MR) is 102 cm³/mol. The van der Waals surface area contributed by atoms with Gasteiger partial charge < -0.3 is 20.2 Å². The van der Waals surface area contributed by atoms with E-state index in [1.54, 1.807) is 48.5 Å². The molecule has 10 heteroatoms. The Morgan fingerprint density at radius 3 is 1.79 bits per heavy atom. The van der Waals surface area contributed by atoms with Gasteiger partial charge in [-0.25, -0.2) is 9.59 Å². The van der Waals surface area contributed by atoms with Gasteiger partial charge in [0.2, 0.25) is 5.91 Å². The van der Waals surface area contributed by atoms with E-state index in [4.69, 9.17) is 9.57 Å². The number of carbonyl (C=O) groups is 5. The van der Waals surface area contributed by atoms with Gasteiger partial charge in [-0.1, -0.05) is 32.8 Å². The van der Waals surface area contributed by atoms with Crippen LogP contribution in [0.1, 0.15) is 48.5 Å². The van der Waals surface area contributed by atoms with Gasteiger partial charge in [0.25, 0.3) is 11.8 Å². The van der Waals surface area contributed by atoms with Crippen molar-refractivity contribution in [3.63, 3.8) is 0 Å². The summed E-state index contributed by atoms with van der Waals surface area (Å²) in [7, 11) is 0. The molecule has 29 heavy (non-hydrogen) atoms. The monoisotopic (exact) mass is 411 g/mol. The standard InChI is InChI=1S/C19H29N3O7/c1-10(2)14(21-18(27)28-19(5,6)7)16(25)20-15(11(3)4)17(26)29-22-12(23)8-9-13(22)24/h8-11,14-15H,1-7H3,(H,20,25)(H,21,27)/t14-,15-/m0/s1. The maximum Gasteiger partial charge on any atom is 0.408 e. The summed E-state index contributed by atoms with van der Waals surface area (Å²) < 4.78 is 5.17. The number of ether oxygens (including phenoxy) is 1. The lowest BCUT2D eigenvalue weighted by atomic mass is 10.0. The molecule has 0 aromatic carbocycles. The molecule has 10 nitrogen and oxygen atoms in total. The molecule has 0 aromatic heterocycles. The molecule has 0 radical (unpaired) electrons. The third kappa shape index (κ3) is 7.20. The first-order chi connectivity index (χ1) is 13.2. The quantitative estimate of drug-likeness (QED) is 0.599. The predicted octanol–water partition coefficient (Wildman–Crippen LogP) is 1.06. The maximum absolute atomic E-state index is 12.7. The number of imide groups is 1. The Morgan fingerprint density at radius 2 is 1.38 bits per heavy atom. The number of rotatable bonds is 7. The minimum Gasteiger partial charge on any atom is -0.444 e. The molecule has 162 valence electrons. The first kappa shape index (κ1) is 24.1. The number of hydrogen-bond acceptors (Lipinski definition) is 7. The zero-order chi connectivity index (χ0) is 22.5. The second kappa shape index (κ2) is 9.53. The van der Waals surface area contributed by atoms with Crippen LogP contribution >= 0.6 is 0 Å². The number of carbonyl (C=O) groups excluding carboxylic acids is 5. The van der Waals surface area contributed by atoms with Crippen molar-refractivity contribution >= 4 is 29.8 Å². The molecule has 1 rings (SSSR count). The maximum atomic E-state index is 12.7. The van der Waals surface area contributed by atoms with Crippen molar-refractivity contribution in [1.82, 2.24) is 15.7 Å². The van der Waals surface area contributed by atoms with E-state index >= 15 is 0 Å².